The van der Waals surface area contributed by atoms with Crippen LogP contribution in [0.25, 0.3) is 0 Å². The second-order valence-electron chi connectivity index (χ2n) is 10.4. The molecule has 6 rings (SSSR count). The number of fused-ring (bicyclic) bond motifs is 1. The summed E-state index contributed by atoms with van der Waals surface area (Å²) in [6.07, 6.45) is 3.89. The molecule has 0 bridgehead atoms. The van der Waals surface area contributed by atoms with E-state index in [1.807, 2.05) is 60.7 Å². The summed E-state index contributed by atoms with van der Waals surface area (Å²) in [5.74, 6) is -0.390. The number of rotatable bonds is 8. The van der Waals surface area contributed by atoms with Crippen molar-refractivity contribution in [3.05, 3.63) is 78.1 Å². The Morgan fingerprint density at radius 1 is 1.02 bits per heavy atom. The number of carbonyl (C=O) groups excluding carboxylic acids is 3. The third-order valence-electron chi connectivity index (χ3n) is 7.85. The number of ether oxygens (including phenoxy) is 1. The Labute approximate surface area is 236 Å². The molecule has 2 aromatic carbocycles. The van der Waals surface area contributed by atoms with Crippen LogP contribution in [0.2, 0.25) is 0 Å². The Morgan fingerprint density at radius 3 is 2.33 bits per heavy atom. The normalized spacial score (nSPS) is 24.7. The van der Waals surface area contributed by atoms with Gasteiger partial charge < -0.3 is 15.0 Å². The standard InChI is InChI=1S/C28H31N7O4S/c36-22(16-34-19-29-31-32-34)30-23-25(37)35-17-28(18-40-26(23)35,33-14-8-3-9-15-33)27(38)39-24(20-10-4-1-5-11-20)21-12-6-2-7-13-21/h1-2,4-7,10-13,19,23-24,26H,3,8-9,14-18H2,(H,30,36)/t23?,26-,28?/m1/s1. The second kappa shape index (κ2) is 11.4. The van der Waals surface area contributed by atoms with Crippen LogP contribution < -0.4 is 5.32 Å². The van der Waals surface area contributed by atoms with Gasteiger partial charge in [-0.25, -0.2) is 9.48 Å². The number of esters is 1. The van der Waals surface area contributed by atoms with Crippen molar-refractivity contribution in [3.8, 4) is 0 Å². The van der Waals surface area contributed by atoms with Crippen molar-refractivity contribution in [3.63, 3.8) is 0 Å². The molecule has 2 unspecified atom stereocenters. The number of carbonyl (C=O) groups is 3. The van der Waals surface area contributed by atoms with Crippen molar-refractivity contribution >= 4 is 29.5 Å². The molecule has 2 amide bonds. The monoisotopic (exact) mass is 561 g/mol. The zero-order chi connectivity index (χ0) is 27.5. The largest absolute Gasteiger partial charge is 0.451 e. The first-order valence-electron chi connectivity index (χ1n) is 13.5. The zero-order valence-electron chi connectivity index (χ0n) is 22.0. The van der Waals surface area contributed by atoms with E-state index in [9.17, 15) is 14.4 Å². The fourth-order valence-electron chi connectivity index (χ4n) is 5.75. The number of amides is 2. The number of tetrazole rings is 1. The van der Waals surface area contributed by atoms with Gasteiger partial charge in [-0.05, 0) is 47.5 Å². The van der Waals surface area contributed by atoms with E-state index in [1.165, 1.54) is 22.8 Å². The Kier molecular flexibility index (Phi) is 7.53. The van der Waals surface area contributed by atoms with E-state index >= 15 is 0 Å². The van der Waals surface area contributed by atoms with Crippen molar-refractivity contribution in [2.45, 2.75) is 48.9 Å². The SMILES string of the molecule is O=C(Cn1cnnn1)NC1C(=O)N2CC(C(=O)OC(c3ccccc3)c3ccccc3)(N3CCCCC3)CS[C@H]12. The number of β-lactam (4-membered cyclic amide) rings is 1. The lowest BCUT2D eigenvalue weighted by molar-refractivity contribution is -0.169. The van der Waals surface area contributed by atoms with Crippen LogP contribution >= 0.6 is 11.8 Å². The highest BCUT2D eigenvalue weighted by Gasteiger charge is 2.60. The summed E-state index contributed by atoms with van der Waals surface area (Å²) in [5.41, 5.74) is 0.811. The van der Waals surface area contributed by atoms with Gasteiger partial charge in [-0.15, -0.1) is 16.9 Å². The molecule has 40 heavy (non-hydrogen) atoms. The Morgan fingerprint density at radius 2 is 1.70 bits per heavy atom. The van der Waals surface area contributed by atoms with Gasteiger partial charge in [-0.2, -0.15) is 0 Å². The number of thioether (sulfide) groups is 1. The van der Waals surface area contributed by atoms with Gasteiger partial charge in [0.15, 0.2) is 6.10 Å². The third kappa shape index (κ3) is 5.08. The molecule has 12 heteroatoms. The number of aromatic nitrogens is 4. The predicted octanol–water partition coefficient (Wildman–Crippen LogP) is 1.63. The summed E-state index contributed by atoms with van der Waals surface area (Å²) in [6.45, 7) is 1.71. The lowest BCUT2D eigenvalue weighted by Gasteiger charge is -2.57. The van der Waals surface area contributed by atoms with Gasteiger partial charge >= 0.3 is 5.97 Å². The molecule has 11 nitrogen and oxygen atoms in total. The van der Waals surface area contributed by atoms with E-state index < -0.39 is 17.7 Å². The number of nitrogens with zero attached hydrogens (tertiary/aromatic N) is 6. The molecule has 0 spiro atoms. The van der Waals surface area contributed by atoms with Gasteiger partial charge in [0, 0.05) is 5.75 Å². The van der Waals surface area contributed by atoms with Gasteiger partial charge in [0.2, 0.25) is 11.8 Å². The fourth-order valence-corrected chi connectivity index (χ4v) is 7.32. The maximum absolute atomic E-state index is 14.3. The highest BCUT2D eigenvalue weighted by atomic mass is 32.2. The third-order valence-corrected chi connectivity index (χ3v) is 9.36. The first-order valence-corrected chi connectivity index (χ1v) is 14.6. The summed E-state index contributed by atoms with van der Waals surface area (Å²) in [5, 5.41) is 13.3. The predicted molar refractivity (Wildman–Crippen MR) is 147 cm³/mol. The number of hydrogen-bond acceptors (Lipinski definition) is 9. The van der Waals surface area contributed by atoms with Gasteiger partial charge in [0.1, 0.15) is 29.8 Å². The molecule has 3 fully saturated rings. The Hall–Kier alpha value is -3.77. The quantitative estimate of drug-likeness (QED) is 0.323. The minimum atomic E-state index is -0.972. The number of benzene rings is 2. The highest BCUT2D eigenvalue weighted by Crippen LogP contribution is 2.43. The first-order chi connectivity index (χ1) is 19.5. The van der Waals surface area contributed by atoms with E-state index in [-0.39, 0.29) is 36.2 Å². The van der Waals surface area contributed by atoms with Crippen LogP contribution in [0.15, 0.2) is 67.0 Å². The van der Waals surface area contributed by atoms with E-state index in [2.05, 4.69) is 25.7 Å². The minimum Gasteiger partial charge on any atom is -0.451 e. The van der Waals surface area contributed by atoms with Gasteiger partial charge in [0.25, 0.3) is 0 Å². The lowest BCUT2D eigenvalue weighted by Crippen LogP contribution is -2.78. The number of nitrogens with one attached hydrogen (secondary N) is 1. The van der Waals surface area contributed by atoms with Crippen LogP contribution in [0, 0.1) is 0 Å². The van der Waals surface area contributed by atoms with Crippen molar-refractivity contribution in [1.82, 2.24) is 35.3 Å². The second-order valence-corrected chi connectivity index (χ2v) is 11.5. The molecule has 3 aromatic rings. The van der Waals surface area contributed by atoms with Gasteiger partial charge in [0.05, 0.1) is 6.54 Å². The van der Waals surface area contributed by atoms with Crippen molar-refractivity contribution < 1.29 is 19.1 Å². The first kappa shape index (κ1) is 26.5. The fraction of sp³-hybridized carbons (Fsp3) is 0.429. The molecular formula is C28H31N7O4S. The average molecular weight is 562 g/mol. The molecule has 1 N–H and O–H groups in total. The summed E-state index contributed by atoms with van der Waals surface area (Å²) in [6, 6.07) is 18.8. The number of piperidine rings is 1. The minimum absolute atomic E-state index is 0.0709. The molecule has 208 valence electrons. The maximum Gasteiger partial charge on any atom is 0.330 e. The topological polar surface area (TPSA) is 123 Å². The Bertz CT molecular complexity index is 1300. The summed E-state index contributed by atoms with van der Waals surface area (Å²) < 4.78 is 7.69. The number of hydrogen-bond donors (Lipinski definition) is 1. The van der Waals surface area contributed by atoms with E-state index in [1.54, 1.807) is 4.90 Å². The molecule has 3 aliphatic rings. The van der Waals surface area contributed by atoms with Crippen LogP contribution in [-0.4, -0.2) is 90.1 Å². The van der Waals surface area contributed by atoms with E-state index in [4.69, 9.17) is 4.74 Å². The van der Waals surface area contributed by atoms with Crippen LogP contribution in [0.3, 0.4) is 0 Å². The molecule has 3 atom stereocenters. The van der Waals surface area contributed by atoms with Crippen molar-refractivity contribution in [1.29, 1.82) is 0 Å². The number of likely N-dealkylation sites (tertiary alicyclic amines) is 1. The maximum atomic E-state index is 14.3. The average Bonchev–Trinajstić information content (AvgIpc) is 3.52. The van der Waals surface area contributed by atoms with Crippen LogP contribution in [0.5, 0.6) is 0 Å². The van der Waals surface area contributed by atoms with Gasteiger partial charge in [-0.1, -0.05) is 67.1 Å². The zero-order valence-corrected chi connectivity index (χ0v) is 22.8. The Balaban J connectivity index is 1.22. The van der Waals surface area contributed by atoms with Gasteiger partial charge in [-0.3, -0.25) is 14.5 Å². The molecule has 3 aliphatic heterocycles. The van der Waals surface area contributed by atoms with E-state index in [0.29, 0.717) is 5.75 Å². The molecular weight excluding hydrogens is 530 g/mol. The molecule has 0 radical (unpaired) electrons. The highest BCUT2D eigenvalue weighted by molar-refractivity contribution is 8.00. The summed E-state index contributed by atoms with van der Waals surface area (Å²) >= 11 is 1.52. The van der Waals surface area contributed by atoms with Crippen molar-refractivity contribution in [2.75, 3.05) is 25.4 Å². The molecule has 0 aliphatic carbocycles. The van der Waals surface area contributed by atoms with Crippen LogP contribution in [-0.2, 0) is 25.7 Å². The summed E-state index contributed by atoms with van der Waals surface area (Å²) in [7, 11) is 0. The van der Waals surface area contributed by atoms with Crippen molar-refractivity contribution in [2.24, 2.45) is 0 Å². The summed E-state index contributed by atoms with van der Waals surface area (Å²) in [4.78, 5) is 44.0. The van der Waals surface area contributed by atoms with Crippen LogP contribution in [0.1, 0.15) is 36.5 Å². The van der Waals surface area contributed by atoms with Crippen LogP contribution in [0.4, 0.5) is 0 Å². The van der Waals surface area contributed by atoms with E-state index in [0.717, 1.165) is 43.5 Å². The lowest BCUT2D eigenvalue weighted by atomic mass is 9.91. The molecule has 0 saturated carbocycles. The molecule has 4 heterocycles. The smallest absolute Gasteiger partial charge is 0.330 e. The molecule has 1 aromatic heterocycles. The molecule has 3 saturated heterocycles.